The molecule has 0 amide bonds. The summed E-state index contributed by atoms with van der Waals surface area (Å²) in [4.78, 5) is 0. The maximum absolute atomic E-state index is 5.73. The number of benzene rings is 1. The molecule has 0 aliphatic heterocycles. The lowest BCUT2D eigenvalue weighted by Gasteiger charge is -2.20. The van der Waals surface area contributed by atoms with Gasteiger partial charge in [-0.2, -0.15) is 0 Å². The molecule has 3 N–H and O–H groups in total. The highest BCUT2D eigenvalue weighted by Crippen LogP contribution is 2.28. The molecular formula is C14H22N2O. The minimum Gasteiger partial charge on any atom is -0.492 e. The van der Waals surface area contributed by atoms with Crippen LogP contribution in [-0.4, -0.2) is 12.6 Å². The van der Waals surface area contributed by atoms with Gasteiger partial charge in [-0.15, -0.1) is 0 Å². The third-order valence-electron chi connectivity index (χ3n) is 3.52. The van der Waals surface area contributed by atoms with Crippen molar-refractivity contribution in [1.82, 2.24) is 5.43 Å². The fourth-order valence-corrected chi connectivity index (χ4v) is 2.55. The van der Waals surface area contributed by atoms with Crippen LogP contribution in [0.5, 0.6) is 5.75 Å². The molecule has 0 heterocycles. The minimum atomic E-state index is 0.262. The molecule has 1 aliphatic carbocycles. The van der Waals surface area contributed by atoms with Crippen molar-refractivity contribution >= 4 is 0 Å². The van der Waals surface area contributed by atoms with Crippen molar-refractivity contribution in [2.45, 2.75) is 38.1 Å². The zero-order valence-corrected chi connectivity index (χ0v) is 10.3. The Hall–Kier alpha value is -1.06. The van der Waals surface area contributed by atoms with Crippen LogP contribution in [0.25, 0.3) is 0 Å². The average Bonchev–Trinajstić information content (AvgIpc) is 2.88. The van der Waals surface area contributed by atoms with Gasteiger partial charge < -0.3 is 4.74 Å². The Morgan fingerprint density at radius 2 is 1.94 bits per heavy atom. The average molecular weight is 234 g/mol. The second-order valence-corrected chi connectivity index (χ2v) is 4.87. The zero-order chi connectivity index (χ0) is 11.9. The molecule has 0 bridgehead atoms. The predicted molar refractivity (Wildman–Crippen MR) is 69.6 cm³/mol. The first-order valence-electron chi connectivity index (χ1n) is 6.52. The normalized spacial score (nSPS) is 18.2. The van der Waals surface area contributed by atoms with E-state index in [1.165, 1.54) is 25.7 Å². The molecule has 1 saturated carbocycles. The number of nitrogens with one attached hydrogen (secondary N) is 1. The van der Waals surface area contributed by atoms with Crippen molar-refractivity contribution in [2.75, 3.05) is 6.61 Å². The van der Waals surface area contributed by atoms with Crippen LogP contribution in [0.2, 0.25) is 0 Å². The molecule has 1 aliphatic rings. The lowest BCUT2D eigenvalue weighted by molar-refractivity contribution is 0.239. The molecule has 0 radical (unpaired) electrons. The number of hydrogen-bond acceptors (Lipinski definition) is 3. The topological polar surface area (TPSA) is 47.3 Å². The van der Waals surface area contributed by atoms with Gasteiger partial charge in [-0.3, -0.25) is 11.3 Å². The number of rotatable bonds is 6. The summed E-state index contributed by atoms with van der Waals surface area (Å²) in [7, 11) is 0. The Morgan fingerprint density at radius 3 is 2.59 bits per heavy atom. The lowest BCUT2D eigenvalue weighted by Crippen LogP contribution is -2.40. The fraction of sp³-hybridized carbons (Fsp3) is 0.571. The Bertz CT molecular complexity index is 309. The van der Waals surface area contributed by atoms with Gasteiger partial charge in [-0.05, 0) is 24.5 Å². The second-order valence-electron chi connectivity index (χ2n) is 4.87. The van der Waals surface area contributed by atoms with E-state index in [9.17, 15) is 0 Å². The van der Waals surface area contributed by atoms with Crippen LogP contribution in [0.4, 0.5) is 0 Å². The summed E-state index contributed by atoms with van der Waals surface area (Å²) in [5.74, 6) is 7.33. The van der Waals surface area contributed by atoms with E-state index in [4.69, 9.17) is 10.6 Å². The van der Waals surface area contributed by atoms with E-state index in [1.54, 1.807) is 0 Å². The Labute approximate surface area is 103 Å². The van der Waals surface area contributed by atoms with E-state index in [0.717, 1.165) is 18.1 Å². The molecular weight excluding hydrogens is 212 g/mol. The second kappa shape index (κ2) is 6.62. The first-order chi connectivity index (χ1) is 8.38. The van der Waals surface area contributed by atoms with Crippen LogP contribution in [0.1, 0.15) is 32.1 Å². The lowest BCUT2D eigenvalue weighted by atomic mass is 9.99. The standard InChI is InChI=1S/C14H22N2O/c15-16-13(10-12-6-4-5-7-12)11-17-14-8-2-1-3-9-14/h1-3,8-9,12-13,16H,4-7,10-11,15H2. The largest absolute Gasteiger partial charge is 0.492 e. The molecule has 1 aromatic rings. The van der Waals surface area contributed by atoms with Gasteiger partial charge >= 0.3 is 0 Å². The van der Waals surface area contributed by atoms with Crippen molar-refractivity contribution in [3.63, 3.8) is 0 Å². The van der Waals surface area contributed by atoms with Crippen LogP contribution in [0, 0.1) is 5.92 Å². The first-order valence-corrected chi connectivity index (χ1v) is 6.52. The third-order valence-corrected chi connectivity index (χ3v) is 3.52. The molecule has 1 unspecified atom stereocenters. The van der Waals surface area contributed by atoms with E-state index in [-0.39, 0.29) is 6.04 Å². The van der Waals surface area contributed by atoms with E-state index < -0.39 is 0 Å². The Morgan fingerprint density at radius 1 is 1.24 bits per heavy atom. The number of ether oxygens (including phenoxy) is 1. The molecule has 1 atom stereocenters. The predicted octanol–water partition coefficient (Wildman–Crippen LogP) is 2.48. The van der Waals surface area contributed by atoms with Gasteiger partial charge in [-0.1, -0.05) is 43.9 Å². The van der Waals surface area contributed by atoms with Crippen molar-refractivity contribution in [2.24, 2.45) is 11.8 Å². The SMILES string of the molecule is NNC(COc1ccccc1)CC1CCCC1. The minimum absolute atomic E-state index is 0.262. The molecule has 17 heavy (non-hydrogen) atoms. The van der Waals surface area contributed by atoms with Crippen molar-refractivity contribution in [3.8, 4) is 5.75 Å². The van der Waals surface area contributed by atoms with Crippen molar-refractivity contribution < 1.29 is 4.74 Å². The van der Waals surface area contributed by atoms with Gasteiger partial charge in [0.1, 0.15) is 12.4 Å². The Kier molecular flexibility index (Phi) is 4.83. The highest BCUT2D eigenvalue weighted by Gasteiger charge is 2.19. The number of hydrazine groups is 1. The summed E-state index contributed by atoms with van der Waals surface area (Å²) in [6, 6.07) is 10.2. The quantitative estimate of drug-likeness (QED) is 0.587. The maximum Gasteiger partial charge on any atom is 0.119 e. The molecule has 3 nitrogen and oxygen atoms in total. The van der Waals surface area contributed by atoms with Crippen LogP contribution >= 0.6 is 0 Å². The molecule has 0 spiro atoms. The summed E-state index contributed by atoms with van der Waals surface area (Å²) >= 11 is 0. The first kappa shape index (κ1) is 12.4. The smallest absolute Gasteiger partial charge is 0.119 e. The summed E-state index contributed by atoms with van der Waals surface area (Å²) in [5.41, 5.74) is 2.87. The van der Waals surface area contributed by atoms with Gasteiger partial charge in [0.05, 0.1) is 6.04 Å². The van der Waals surface area contributed by atoms with Crippen LogP contribution < -0.4 is 16.0 Å². The van der Waals surface area contributed by atoms with E-state index in [0.29, 0.717) is 6.61 Å². The van der Waals surface area contributed by atoms with Gasteiger partial charge in [0.25, 0.3) is 0 Å². The van der Waals surface area contributed by atoms with Crippen LogP contribution in [-0.2, 0) is 0 Å². The summed E-state index contributed by atoms with van der Waals surface area (Å²) in [5, 5.41) is 0. The number of nitrogens with two attached hydrogens (primary N) is 1. The Balaban J connectivity index is 1.75. The van der Waals surface area contributed by atoms with Crippen LogP contribution in [0.3, 0.4) is 0 Å². The molecule has 94 valence electrons. The van der Waals surface area contributed by atoms with Crippen molar-refractivity contribution in [1.29, 1.82) is 0 Å². The van der Waals surface area contributed by atoms with Crippen molar-refractivity contribution in [3.05, 3.63) is 30.3 Å². The number of para-hydroxylation sites is 1. The van der Waals surface area contributed by atoms with E-state index in [1.807, 2.05) is 30.3 Å². The molecule has 1 fully saturated rings. The molecule has 3 heteroatoms. The van der Waals surface area contributed by atoms with Crippen LogP contribution in [0.15, 0.2) is 30.3 Å². The van der Waals surface area contributed by atoms with Gasteiger partial charge in [0, 0.05) is 0 Å². The fourth-order valence-electron chi connectivity index (χ4n) is 2.55. The third kappa shape index (κ3) is 4.02. The van der Waals surface area contributed by atoms with Gasteiger partial charge in [-0.25, -0.2) is 0 Å². The monoisotopic (exact) mass is 234 g/mol. The highest BCUT2D eigenvalue weighted by atomic mass is 16.5. The summed E-state index contributed by atoms with van der Waals surface area (Å²) in [6.07, 6.45) is 6.58. The summed E-state index contributed by atoms with van der Waals surface area (Å²) in [6.45, 7) is 0.650. The van der Waals surface area contributed by atoms with E-state index in [2.05, 4.69) is 5.43 Å². The summed E-state index contributed by atoms with van der Waals surface area (Å²) < 4.78 is 5.73. The van der Waals surface area contributed by atoms with Gasteiger partial charge in [0.15, 0.2) is 0 Å². The molecule has 0 aromatic heterocycles. The zero-order valence-electron chi connectivity index (χ0n) is 10.3. The highest BCUT2D eigenvalue weighted by molar-refractivity contribution is 5.20. The molecule has 2 rings (SSSR count). The maximum atomic E-state index is 5.73. The van der Waals surface area contributed by atoms with Gasteiger partial charge in [0.2, 0.25) is 0 Å². The molecule has 0 saturated heterocycles. The van der Waals surface area contributed by atoms with E-state index >= 15 is 0 Å². The number of hydrogen-bond donors (Lipinski definition) is 2. The molecule has 1 aromatic carbocycles.